The van der Waals surface area contributed by atoms with Crippen LogP contribution < -0.4 is 5.73 Å². The van der Waals surface area contributed by atoms with Crippen LogP contribution in [-0.4, -0.2) is 4.98 Å². The summed E-state index contributed by atoms with van der Waals surface area (Å²) >= 11 is 0. The zero-order valence-electron chi connectivity index (χ0n) is 7.76. The molecule has 0 aliphatic rings. The summed E-state index contributed by atoms with van der Waals surface area (Å²) in [7, 11) is 0. The molecule has 0 bridgehead atoms. The van der Waals surface area contributed by atoms with Gasteiger partial charge in [0.25, 0.3) is 0 Å². The van der Waals surface area contributed by atoms with Crippen LogP contribution in [0.15, 0.2) is 17.8 Å². The average molecular weight is 162 g/mol. The first-order valence-electron chi connectivity index (χ1n) is 3.97. The number of aromatic nitrogens is 1. The van der Waals surface area contributed by atoms with Crippen LogP contribution in [-0.2, 0) is 0 Å². The van der Waals surface area contributed by atoms with Gasteiger partial charge in [-0.15, -0.1) is 0 Å². The third-order valence-electron chi connectivity index (χ3n) is 1.67. The molecule has 0 saturated heterocycles. The summed E-state index contributed by atoms with van der Waals surface area (Å²) < 4.78 is 0. The summed E-state index contributed by atoms with van der Waals surface area (Å²) in [5.74, 6) is 0.608. The molecule has 0 unspecified atom stereocenters. The first kappa shape index (κ1) is 8.78. The van der Waals surface area contributed by atoms with Crippen molar-refractivity contribution < 1.29 is 0 Å². The summed E-state index contributed by atoms with van der Waals surface area (Å²) in [6, 6.07) is 1.96. The highest BCUT2D eigenvalue weighted by Gasteiger charge is 1.99. The Kier molecular flexibility index (Phi) is 2.48. The van der Waals surface area contributed by atoms with Gasteiger partial charge in [-0.05, 0) is 32.4 Å². The number of nitrogens with two attached hydrogens (primary N) is 1. The van der Waals surface area contributed by atoms with Crippen molar-refractivity contribution >= 4 is 11.9 Å². The minimum absolute atomic E-state index is 0.608. The molecular formula is C10H14N2. The molecule has 0 aromatic carbocycles. The van der Waals surface area contributed by atoms with E-state index in [9.17, 15) is 0 Å². The van der Waals surface area contributed by atoms with Crippen molar-refractivity contribution in [2.45, 2.75) is 20.8 Å². The summed E-state index contributed by atoms with van der Waals surface area (Å²) in [4.78, 5) is 4.03. The van der Waals surface area contributed by atoms with Crippen molar-refractivity contribution in [3.05, 3.63) is 29.0 Å². The molecule has 0 saturated carbocycles. The molecule has 1 heterocycles. The molecule has 1 rings (SSSR count). The summed E-state index contributed by atoms with van der Waals surface area (Å²) in [6.07, 6.45) is 3.78. The zero-order chi connectivity index (χ0) is 9.14. The van der Waals surface area contributed by atoms with Crippen LogP contribution in [0.2, 0.25) is 0 Å². The predicted molar refractivity (Wildman–Crippen MR) is 52.7 cm³/mol. The van der Waals surface area contributed by atoms with Crippen LogP contribution in [0.25, 0.3) is 6.08 Å². The van der Waals surface area contributed by atoms with Gasteiger partial charge in [0.05, 0.1) is 0 Å². The molecule has 2 N–H and O–H groups in total. The maximum Gasteiger partial charge on any atom is 0.130 e. The fourth-order valence-corrected chi connectivity index (χ4v) is 1.07. The van der Waals surface area contributed by atoms with E-state index in [4.69, 9.17) is 5.73 Å². The second kappa shape index (κ2) is 3.39. The number of hydrogen-bond acceptors (Lipinski definition) is 2. The van der Waals surface area contributed by atoms with E-state index in [2.05, 4.69) is 11.1 Å². The predicted octanol–water partition coefficient (Wildman–Crippen LogP) is 2.40. The molecule has 2 nitrogen and oxygen atoms in total. The fourth-order valence-electron chi connectivity index (χ4n) is 1.07. The van der Waals surface area contributed by atoms with E-state index in [0.29, 0.717) is 5.82 Å². The highest BCUT2D eigenvalue weighted by molar-refractivity contribution is 5.65. The standard InChI is InChI=1S/C10H14N2/c1-7(2)6-9-8(3)4-5-12-10(9)11/h4-6H,1-3H3,(H2,11,12). The number of nitrogen functional groups attached to an aromatic ring is 1. The third kappa shape index (κ3) is 1.84. The number of nitrogens with zero attached hydrogens (tertiary/aromatic N) is 1. The topological polar surface area (TPSA) is 38.9 Å². The number of allylic oxidation sites excluding steroid dienone is 1. The fraction of sp³-hybridized carbons (Fsp3) is 0.300. The number of pyridine rings is 1. The van der Waals surface area contributed by atoms with Crippen LogP contribution in [0.1, 0.15) is 25.0 Å². The number of hydrogen-bond donors (Lipinski definition) is 1. The lowest BCUT2D eigenvalue weighted by molar-refractivity contribution is 1.27. The van der Waals surface area contributed by atoms with Crippen molar-refractivity contribution in [1.82, 2.24) is 4.98 Å². The molecule has 1 aromatic rings. The average Bonchev–Trinajstić information content (AvgIpc) is 1.97. The molecule has 0 amide bonds. The quantitative estimate of drug-likeness (QED) is 0.688. The Labute approximate surface area is 73.1 Å². The highest BCUT2D eigenvalue weighted by Crippen LogP contribution is 2.16. The highest BCUT2D eigenvalue weighted by atomic mass is 14.8. The van der Waals surface area contributed by atoms with E-state index in [0.717, 1.165) is 5.56 Å². The first-order chi connectivity index (χ1) is 5.61. The van der Waals surface area contributed by atoms with Crippen LogP contribution in [0.5, 0.6) is 0 Å². The maximum atomic E-state index is 5.71. The second-order valence-corrected chi connectivity index (χ2v) is 3.15. The van der Waals surface area contributed by atoms with Gasteiger partial charge in [0, 0.05) is 11.8 Å². The van der Waals surface area contributed by atoms with Gasteiger partial charge in [-0.1, -0.05) is 11.6 Å². The molecule has 0 atom stereocenters. The second-order valence-electron chi connectivity index (χ2n) is 3.15. The lowest BCUT2D eigenvalue weighted by Crippen LogP contribution is -1.95. The van der Waals surface area contributed by atoms with Crippen molar-refractivity contribution in [3.63, 3.8) is 0 Å². The molecule has 0 aliphatic heterocycles. The molecule has 0 spiro atoms. The molecule has 1 aromatic heterocycles. The lowest BCUT2D eigenvalue weighted by Gasteiger charge is -2.03. The Morgan fingerprint density at radius 2 is 2.17 bits per heavy atom. The number of aryl methyl sites for hydroxylation is 1. The summed E-state index contributed by atoms with van der Waals surface area (Å²) in [5.41, 5.74) is 9.16. The van der Waals surface area contributed by atoms with Crippen molar-refractivity contribution in [3.8, 4) is 0 Å². The third-order valence-corrected chi connectivity index (χ3v) is 1.67. The molecule has 12 heavy (non-hydrogen) atoms. The molecule has 2 heteroatoms. The Morgan fingerprint density at radius 3 is 2.67 bits per heavy atom. The minimum atomic E-state index is 0.608. The van der Waals surface area contributed by atoms with Crippen LogP contribution in [0.3, 0.4) is 0 Å². The number of rotatable bonds is 1. The van der Waals surface area contributed by atoms with Crippen molar-refractivity contribution in [2.24, 2.45) is 0 Å². The van der Waals surface area contributed by atoms with Gasteiger partial charge in [0.15, 0.2) is 0 Å². The number of anilines is 1. The molecule has 64 valence electrons. The van der Waals surface area contributed by atoms with Crippen LogP contribution >= 0.6 is 0 Å². The van der Waals surface area contributed by atoms with Gasteiger partial charge in [0.1, 0.15) is 5.82 Å². The van der Waals surface area contributed by atoms with E-state index >= 15 is 0 Å². The molecule has 0 fully saturated rings. The lowest BCUT2D eigenvalue weighted by atomic mass is 10.1. The monoisotopic (exact) mass is 162 g/mol. The normalized spacial score (nSPS) is 9.58. The SMILES string of the molecule is CC(C)=Cc1c(C)ccnc1N. The van der Waals surface area contributed by atoms with Gasteiger partial charge < -0.3 is 5.73 Å². The van der Waals surface area contributed by atoms with Crippen LogP contribution in [0.4, 0.5) is 5.82 Å². The van der Waals surface area contributed by atoms with E-state index in [1.165, 1.54) is 11.1 Å². The Morgan fingerprint density at radius 1 is 1.50 bits per heavy atom. The van der Waals surface area contributed by atoms with E-state index in [-0.39, 0.29) is 0 Å². The van der Waals surface area contributed by atoms with E-state index < -0.39 is 0 Å². The molecule has 0 aliphatic carbocycles. The van der Waals surface area contributed by atoms with Gasteiger partial charge in [-0.2, -0.15) is 0 Å². The Balaban J connectivity index is 3.22. The first-order valence-corrected chi connectivity index (χ1v) is 3.97. The van der Waals surface area contributed by atoms with E-state index in [1.54, 1.807) is 6.20 Å². The molecular weight excluding hydrogens is 148 g/mol. The Hall–Kier alpha value is -1.31. The zero-order valence-corrected chi connectivity index (χ0v) is 7.76. The van der Waals surface area contributed by atoms with Crippen molar-refractivity contribution in [2.75, 3.05) is 5.73 Å². The minimum Gasteiger partial charge on any atom is -0.383 e. The molecule has 0 radical (unpaired) electrons. The van der Waals surface area contributed by atoms with Crippen molar-refractivity contribution in [1.29, 1.82) is 0 Å². The van der Waals surface area contributed by atoms with Gasteiger partial charge in [0.2, 0.25) is 0 Å². The maximum absolute atomic E-state index is 5.71. The van der Waals surface area contributed by atoms with Gasteiger partial charge >= 0.3 is 0 Å². The summed E-state index contributed by atoms with van der Waals surface area (Å²) in [6.45, 7) is 6.13. The largest absolute Gasteiger partial charge is 0.383 e. The van der Waals surface area contributed by atoms with Crippen LogP contribution in [0, 0.1) is 6.92 Å². The van der Waals surface area contributed by atoms with Gasteiger partial charge in [-0.3, -0.25) is 0 Å². The summed E-state index contributed by atoms with van der Waals surface area (Å²) in [5, 5.41) is 0. The van der Waals surface area contributed by atoms with Gasteiger partial charge in [-0.25, -0.2) is 4.98 Å². The van der Waals surface area contributed by atoms with E-state index in [1.807, 2.05) is 26.8 Å². The Bertz CT molecular complexity index is 289. The smallest absolute Gasteiger partial charge is 0.130 e.